The molecular formula is C15H15ClO3S. The summed E-state index contributed by atoms with van der Waals surface area (Å²) in [4.78, 5) is 0.250. The molecule has 0 unspecified atom stereocenters. The second-order valence-electron chi connectivity index (χ2n) is 4.34. The maximum atomic E-state index is 12.3. The zero-order valence-corrected chi connectivity index (χ0v) is 12.6. The lowest BCUT2D eigenvalue weighted by Gasteiger charge is -2.11. The SMILES string of the molecule is COc1ccc(S(=O)(=O)C[C@@H](Cl)c2ccccc2)cc1. The molecule has 0 bridgehead atoms. The molecule has 2 aromatic rings. The van der Waals surface area contributed by atoms with Crippen molar-refractivity contribution >= 4 is 21.4 Å². The van der Waals surface area contributed by atoms with Crippen LogP contribution in [0.1, 0.15) is 10.9 Å². The highest BCUT2D eigenvalue weighted by atomic mass is 35.5. The van der Waals surface area contributed by atoms with Crippen LogP contribution in [0.15, 0.2) is 59.5 Å². The van der Waals surface area contributed by atoms with Gasteiger partial charge < -0.3 is 4.74 Å². The van der Waals surface area contributed by atoms with E-state index >= 15 is 0 Å². The first-order valence-corrected chi connectivity index (χ1v) is 8.17. The molecule has 106 valence electrons. The number of sulfone groups is 1. The van der Waals surface area contributed by atoms with E-state index in [4.69, 9.17) is 16.3 Å². The molecule has 5 heteroatoms. The van der Waals surface area contributed by atoms with Gasteiger partial charge in [-0.2, -0.15) is 0 Å². The van der Waals surface area contributed by atoms with Crippen LogP contribution in [0, 0.1) is 0 Å². The van der Waals surface area contributed by atoms with Crippen molar-refractivity contribution in [1.82, 2.24) is 0 Å². The lowest BCUT2D eigenvalue weighted by molar-refractivity contribution is 0.414. The zero-order chi connectivity index (χ0) is 14.6. The standard InChI is InChI=1S/C15H15ClO3S/c1-19-13-7-9-14(10-8-13)20(17,18)11-15(16)12-5-3-2-4-6-12/h2-10,15H,11H2,1H3/t15-/m1/s1. The molecule has 0 radical (unpaired) electrons. The van der Waals surface area contributed by atoms with Gasteiger partial charge in [-0.05, 0) is 29.8 Å². The molecule has 1 atom stereocenters. The summed E-state index contributed by atoms with van der Waals surface area (Å²) in [5.74, 6) is 0.486. The molecule has 0 saturated carbocycles. The number of alkyl halides is 1. The number of halogens is 1. The Morgan fingerprint density at radius 1 is 1.05 bits per heavy atom. The minimum absolute atomic E-state index is 0.134. The van der Waals surface area contributed by atoms with E-state index in [-0.39, 0.29) is 10.6 Å². The second kappa shape index (κ2) is 6.29. The Hall–Kier alpha value is -1.52. The van der Waals surface area contributed by atoms with Crippen molar-refractivity contribution < 1.29 is 13.2 Å². The summed E-state index contributed by atoms with van der Waals surface area (Å²) in [7, 11) is -1.88. The molecule has 2 aromatic carbocycles. The molecule has 3 nitrogen and oxygen atoms in total. The van der Waals surface area contributed by atoms with E-state index in [2.05, 4.69) is 0 Å². The highest BCUT2D eigenvalue weighted by Gasteiger charge is 2.20. The Morgan fingerprint density at radius 2 is 1.65 bits per heavy atom. The van der Waals surface area contributed by atoms with Gasteiger partial charge in [0.1, 0.15) is 5.75 Å². The summed E-state index contributed by atoms with van der Waals surface area (Å²) in [5.41, 5.74) is 0.797. The van der Waals surface area contributed by atoms with Gasteiger partial charge in [-0.25, -0.2) is 8.42 Å². The van der Waals surface area contributed by atoms with Crippen LogP contribution >= 0.6 is 11.6 Å². The quantitative estimate of drug-likeness (QED) is 0.794. The Morgan fingerprint density at radius 3 is 2.20 bits per heavy atom. The van der Waals surface area contributed by atoms with Gasteiger partial charge in [0.05, 0.1) is 23.1 Å². The number of ether oxygens (including phenoxy) is 1. The molecule has 0 N–H and O–H groups in total. The molecule has 2 rings (SSSR count). The first-order valence-electron chi connectivity index (χ1n) is 6.09. The van der Waals surface area contributed by atoms with Gasteiger partial charge in [0.25, 0.3) is 0 Å². The molecule has 0 fully saturated rings. The van der Waals surface area contributed by atoms with Crippen molar-refractivity contribution in [3.05, 3.63) is 60.2 Å². The molecule has 0 saturated heterocycles. The molecule has 0 aliphatic heterocycles. The van der Waals surface area contributed by atoms with Gasteiger partial charge in [-0.15, -0.1) is 11.6 Å². The van der Waals surface area contributed by atoms with E-state index in [1.54, 1.807) is 12.1 Å². The van der Waals surface area contributed by atoms with E-state index in [9.17, 15) is 8.42 Å². The van der Waals surface area contributed by atoms with Crippen LogP contribution in [0.2, 0.25) is 0 Å². The van der Waals surface area contributed by atoms with Gasteiger partial charge in [0, 0.05) is 0 Å². The van der Waals surface area contributed by atoms with E-state index in [0.29, 0.717) is 5.75 Å². The molecule has 0 spiro atoms. The van der Waals surface area contributed by atoms with Crippen LogP contribution in [0.3, 0.4) is 0 Å². The van der Waals surface area contributed by atoms with E-state index in [1.165, 1.54) is 19.2 Å². The zero-order valence-electron chi connectivity index (χ0n) is 11.0. The van der Waals surface area contributed by atoms with Gasteiger partial charge in [-0.3, -0.25) is 0 Å². The smallest absolute Gasteiger partial charge is 0.180 e. The van der Waals surface area contributed by atoms with Crippen LogP contribution in [0.5, 0.6) is 5.75 Å². The van der Waals surface area contributed by atoms with Gasteiger partial charge >= 0.3 is 0 Å². The molecule has 0 aromatic heterocycles. The van der Waals surface area contributed by atoms with Crippen molar-refractivity contribution in [1.29, 1.82) is 0 Å². The molecule has 0 amide bonds. The summed E-state index contributed by atoms with van der Waals surface area (Å²) >= 11 is 6.20. The third-order valence-electron chi connectivity index (χ3n) is 2.95. The maximum absolute atomic E-state index is 12.3. The van der Waals surface area contributed by atoms with Gasteiger partial charge in [0.2, 0.25) is 0 Å². The van der Waals surface area contributed by atoms with Crippen molar-refractivity contribution in [2.24, 2.45) is 0 Å². The van der Waals surface area contributed by atoms with Crippen LogP contribution < -0.4 is 4.74 Å². The monoisotopic (exact) mass is 310 g/mol. The Kier molecular flexibility index (Phi) is 4.68. The average Bonchev–Trinajstić information content (AvgIpc) is 2.48. The van der Waals surface area contributed by atoms with Crippen molar-refractivity contribution in [2.45, 2.75) is 10.3 Å². The second-order valence-corrected chi connectivity index (χ2v) is 6.90. The van der Waals surface area contributed by atoms with Crippen molar-refractivity contribution in [3.63, 3.8) is 0 Å². The summed E-state index contributed by atoms with van der Waals surface area (Å²) < 4.78 is 29.6. The largest absolute Gasteiger partial charge is 0.497 e. The lowest BCUT2D eigenvalue weighted by Crippen LogP contribution is -2.11. The number of hydrogen-bond donors (Lipinski definition) is 0. The summed E-state index contributed by atoms with van der Waals surface area (Å²) in [6.07, 6.45) is 0. The average molecular weight is 311 g/mol. The van der Waals surface area contributed by atoms with E-state index < -0.39 is 15.2 Å². The lowest BCUT2D eigenvalue weighted by atomic mass is 10.2. The minimum atomic E-state index is -3.42. The fourth-order valence-electron chi connectivity index (χ4n) is 1.83. The molecular weight excluding hydrogens is 296 g/mol. The van der Waals surface area contributed by atoms with Crippen molar-refractivity contribution in [3.8, 4) is 5.75 Å². The minimum Gasteiger partial charge on any atom is -0.497 e. The molecule has 0 heterocycles. The van der Waals surface area contributed by atoms with Crippen molar-refractivity contribution in [2.75, 3.05) is 12.9 Å². The maximum Gasteiger partial charge on any atom is 0.180 e. The fraction of sp³-hybridized carbons (Fsp3) is 0.200. The third kappa shape index (κ3) is 3.52. The first kappa shape index (κ1) is 14.9. The van der Waals surface area contributed by atoms with Crippen LogP contribution in [-0.4, -0.2) is 21.3 Å². The first-order chi connectivity index (χ1) is 9.53. The Balaban J connectivity index is 2.18. The number of methoxy groups -OCH3 is 1. The number of benzene rings is 2. The topological polar surface area (TPSA) is 43.4 Å². The van der Waals surface area contributed by atoms with Gasteiger partial charge in [-0.1, -0.05) is 30.3 Å². The summed E-state index contributed by atoms with van der Waals surface area (Å²) in [6.45, 7) is 0. The van der Waals surface area contributed by atoms with Crippen LogP contribution in [-0.2, 0) is 9.84 Å². The molecule has 0 aliphatic rings. The Labute approximate surface area is 124 Å². The molecule has 0 aliphatic carbocycles. The van der Waals surface area contributed by atoms with Crippen LogP contribution in [0.25, 0.3) is 0 Å². The predicted octanol–water partition coefficient (Wildman–Crippen LogP) is 3.45. The predicted molar refractivity (Wildman–Crippen MR) is 80.1 cm³/mol. The number of hydrogen-bond acceptors (Lipinski definition) is 3. The Bertz CT molecular complexity index is 651. The number of rotatable bonds is 5. The highest BCUT2D eigenvalue weighted by Crippen LogP contribution is 2.26. The van der Waals surface area contributed by atoms with E-state index in [1.807, 2.05) is 30.3 Å². The normalized spacial score (nSPS) is 12.9. The van der Waals surface area contributed by atoms with E-state index in [0.717, 1.165) is 5.56 Å². The fourth-order valence-corrected chi connectivity index (χ4v) is 3.79. The van der Waals surface area contributed by atoms with Crippen LogP contribution in [0.4, 0.5) is 0 Å². The van der Waals surface area contributed by atoms with Gasteiger partial charge in [0.15, 0.2) is 9.84 Å². The highest BCUT2D eigenvalue weighted by molar-refractivity contribution is 7.91. The summed E-state index contributed by atoms with van der Waals surface area (Å²) in [5, 5.41) is -0.566. The third-order valence-corrected chi connectivity index (χ3v) is 5.30. The summed E-state index contributed by atoms with van der Waals surface area (Å²) in [6, 6.07) is 15.5. The molecule has 20 heavy (non-hydrogen) atoms.